The summed E-state index contributed by atoms with van der Waals surface area (Å²) in [6.45, 7) is 0. The molecule has 1 aromatic heterocycles. The van der Waals surface area contributed by atoms with E-state index in [0.29, 0.717) is 11.9 Å². The van der Waals surface area contributed by atoms with Gasteiger partial charge >= 0.3 is 5.76 Å². The molecule has 0 fully saturated rings. The Labute approximate surface area is 181 Å². The number of aromatic nitrogens is 1. The molecule has 0 aliphatic rings. The van der Waals surface area contributed by atoms with Crippen molar-refractivity contribution in [1.29, 1.82) is 0 Å². The van der Waals surface area contributed by atoms with Gasteiger partial charge in [0.25, 0.3) is 0 Å². The Morgan fingerprint density at radius 3 is 2.35 bits per heavy atom. The van der Waals surface area contributed by atoms with Crippen LogP contribution in [0.25, 0.3) is 11.1 Å². The van der Waals surface area contributed by atoms with Crippen LogP contribution < -0.4 is 10.5 Å². The molecule has 0 saturated heterocycles. The summed E-state index contributed by atoms with van der Waals surface area (Å²) >= 11 is 0. The molecule has 0 saturated carbocycles. The molecule has 0 amide bonds. The van der Waals surface area contributed by atoms with Gasteiger partial charge in [-0.15, -0.1) is 0 Å². The van der Waals surface area contributed by atoms with Gasteiger partial charge in [0.1, 0.15) is 0 Å². The van der Waals surface area contributed by atoms with Crippen LogP contribution in [0.5, 0.6) is 0 Å². The fourth-order valence-corrected chi connectivity index (χ4v) is 4.94. The van der Waals surface area contributed by atoms with Gasteiger partial charge in [0.2, 0.25) is 10.0 Å². The smallest absolute Gasteiger partial charge is 0.408 e. The molecule has 3 aromatic carbocycles. The maximum atomic E-state index is 13.1. The van der Waals surface area contributed by atoms with Crippen molar-refractivity contribution in [3.63, 3.8) is 0 Å². The summed E-state index contributed by atoms with van der Waals surface area (Å²) in [7, 11) is -2.24. The second-order valence-corrected chi connectivity index (χ2v) is 9.23. The van der Waals surface area contributed by atoms with Crippen molar-refractivity contribution in [3.05, 3.63) is 101 Å². The van der Waals surface area contributed by atoms with E-state index in [-0.39, 0.29) is 16.5 Å². The number of rotatable bonds is 8. The first-order valence-electron chi connectivity index (χ1n) is 10.1. The summed E-state index contributed by atoms with van der Waals surface area (Å²) in [5.41, 5.74) is 2.93. The van der Waals surface area contributed by atoms with E-state index in [1.54, 1.807) is 13.1 Å². The Bertz CT molecular complexity index is 1330. The number of nitrogens with zero attached hydrogens (tertiary/aromatic N) is 1. The number of benzene rings is 3. The molecule has 1 N–H and O–H groups in total. The molecule has 6 nitrogen and oxygen atoms in total. The predicted molar refractivity (Wildman–Crippen MR) is 120 cm³/mol. The van der Waals surface area contributed by atoms with Crippen LogP contribution in [0.1, 0.15) is 30.0 Å². The third-order valence-corrected chi connectivity index (χ3v) is 6.84. The van der Waals surface area contributed by atoms with Crippen molar-refractivity contribution in [3.8, 4) is 0 Å². The highest BCUT2D eigenvalue weighted by Gasteiger charge is 2.22. The summed E-state index contributed by atoms with van der Waals surface area (Å²) in [4.78, 5) is 11.8. The average Bonchev–Trinajstić information content (AvgIpc) is 3.07. The molecule has 0 aliphatic carbocycles. The van der Waals surface area contributed by atoms with E-state index in [0.717, 1.165) is 18.4 Å². The van der Waals surface area contributed by atoms with Crippen LogP contribution in [0, 0.1) is 0 Å². The normalized spacial score (nSPS) is 12.8. The van der Waals surface area contributed by atoms with Crippen molar-refractivity contribution >= 4 is 21.1 Å². The minimum atomic E-state index is -3.82. The molecule has 0 bridgehead atoms. The lowest BCUT2D eigenvalue weighted by atomic mass is 10.00. The van der Waals surface area contributed by atoms with Crippen molar-refractivity contribution in [2.75, 3.05) is 0 Å². The Kier molecular flexibility index (Phi) is 6.06. The van der Waals surface area contributed by atoms with E-state index in [2.05, 4.69) is 16.9 Å². The number of hydrogen-bond acceptors (Lipinski definition) is 4. The average molecular weight is 437 g/mol. The highest BCUT2D eigenvalue weighted by atomic mass is 32.2. The summed E-state index contributed by atoms with van der Waals surface area (Å²) in [5, 5.41) is 0. The van der Waals surface area contributed by atoms with Crippen LogP contribution in [0.4, 0.5) is 0 Å². The Hall–Kier alpha value is -3.16. The van der Waals surface area contributed by atoms with Crippen molar-refractivity contribution in [2.24, 2.45) is 7.05 Å². The van der Waals surface area contributed by atoms with Gasteiger partial charge in [-0.2, -0.15) is 0 Å². The van der Waals surface area contributed by atoms with Crippen LogP contribution >= 0.6 is 0 Å². The lowest BCUT2D eigenvalue weighted by Crippen LogP contribution is -2.28. The van der Waals surface area contributed by atoms with Gasteiger partial charge in [-0.05, 0) is 42.5 Å². The number of oxazole rings is 1. The van der Waals surface area contributed by atoms with Crippen LogP contribution in [-0.4, -0.2) is 13.0 Å². The molecule has 0 spiro atoms. The minimum Gasteiger partial charge on any atom is -0.408 e. The van der Waals surface area contributed by atoms with E-state index in [1.165, 1.54) is 22.3 Å². The van der Waals surface area contributed by atoms with Gasteiger partial charge in [0.05, 0.1) is 10.4 Å². The van der Waals surface area contributed by atoms with Crippen LogP contribution in [0.3, 0.4) is 0 Å². The molecule has 31 heavy (non-hydrogen) atoms. The van der Waals surface area contributed by atoms with Gasteiger partial charge in [-0.1, -0.05) is 60.7 Å². The molecule has 0 radical (unpaired) electrons. The van der Waals surface area contributed by atoms with E-state index >= 15 is 0 Å². The van der Waals surface area contributed by atoms with E-state index < -0.39 is 15.8 Å². The fraction of sp³-hybridized carbons (Fsp3) is 0.208. The maximum absolute atomic E-state index is 13.1. The van der Waals surface area contributed by atoms with Crippen molar-refractivity contribution in [1.82, 2.24) is 9.29 Å². The third kappa shape index (κ3) is 4.78. The number of nitrogens with one attached hydrogen (secondary N) is 1. The van der Waals surface area contributed by atoms with Crippen LogP contribution in [0.2, 0.25) is 0 Å². The lowest BCUT2D eigenvalue weighted by molar-refractivity contribution is 0.523. The van der Waals surface area contributed by atoms with Gasteiger partial charge in [-0.3, -0.25) is 4.57 Å². The fourth-order valence-electron chi connectivity index (χ4n) is 3.67. The monoisotopic (exact) mass is 436 g/mol. The Balaban J connectivity index is 1.57. The summed E-state index contributed by atoms with van der Waals surface area (Å²) in [5.74, 6) is -0.527. The quantitative estimate of drug-likeness (QED) is 0.449. The second kappa shape index (κ2) is 8.91. The third-order valence-electron chi connectivity index (χ3n) is 5.37. The minimum absolute atomic E-state index is 0.0679. The van der Waals surface area contributed by atoms with Gasteiger partial charge in [-0.25, -0.2) is 17.9 Å². The topological polar surface area (TPSA) is 81.3 Å². The molecule has 0 aliphatic heterocycles. The molecule has 4 rings (SSSR count). The van der Waals surface area contributed by atoms with Crippen LogP contribution in [0.15, 0.2) is 93.0 Å². The van der Waals surface area contributed by atoms with Crippen LogP contribution in [-0.2, 0) is 23.5 Å². The zero-order valence-electron chi connectivity index (χ0n) is 17.2. The summed E-state index contributed by atoms with van der Waals surface area (Å²) < 4.78 is 35.6. The lowest BCUT2D eigenvalue weighted by Gasteiger charge is -2.19. The molecule has 4 aromatic rings. The van der Waals surface area contributed by atoms with E-state index in [4.69, 9.17) is 4.42 Å². The molecule has 1 atom stereocenters. The molecular weight excluding hydrogens is 412 g/mol. The highest BCUT2D eigenvalue weighted by molar-refractivity contribution is 7.89. The predicted octanol–water partition coefficient (Wildman–Crippen LogP) is 4.17. The number of fused-ring (bicyclic) bond motifs is 1. The van der Waals surface area contributed by atoms with E-state index in [1.807, 2.05) is 48.5 Å². The van der Waals surface area contributed by atoms with Crippen molar-refractivity contribution in [2.45, 2.75) is 30.2 Å². The van der Waals surface area contributed by atoms with Gasteiger partial charge < -0.3 is 4.42 Å². The zero-order chi connectivity index (χ0) is 21.8. The zero-order valence-corrected chi connectivity index (χ0v) is 18.0. The molecule has 160 valence electrons. The van der Waals surface area contributed by atoms with Gasteiger partial charge in [0, 0.05) is 19.2 Å². The Morgan fingerprint density at radius 1 is 0.968 bits per heavy atom. The molecule has 1 heterocycles. The highest BCUT2D eigenvalue weighted by Crippen LogP contribution is 2.24. The largest absolute Gasteiger partial charge is 0.419 e. The SMILES string of the molecule is Cn1c(=O)oc2cc(S(=O)(=O)N[C@H](CCCc3ccccc3)c3ccccc3)ccc21. The van der Waals surface area contributed by atoms with Gasteiger partial charge in [0.15, 0.2) is 5.58 Å². The first-order valence-corrected chi connectivity index (χ1v) is 11.6. The number of aryl methyl sites for hydroxylation is 2. The summed E-state index contributed by atoms with van der Waals surface area (Å²) in [6.07, 6.45) is 2.35. The number of sulfonamides is 1. The standard InChI is InChI=1S/C24H24N2O4S/c1-26-22-16-15-20(17-23(22)30-24(26)27)31(28,29)25-21(19-12-6-3-7-13-19)14-8-11-18-9-4-2-5-10-18/h2-7,9-10,12-13,15-17,21,25H,8,11,14H2,1H3/t21-/m1/s1. The molecular formula is C24H24N2O4S. The van der Waals surface area contributed by atoms with Crippen molar-refractivity contribution < 1.29 is 12.8 Å². The first-order chi connectivity index (χ1) is 14.9. The second-order valence-electron chi connectivity index (χ2n) is 7.52. The molecule has 0 unspecified atom stereocenters. The Morgan fingerprint density at radius 2 is 1.65 bits per heavy atom. The van der Waals surface area contributed by atoms with E-state index in [9.17, 15) is 13.2 Å². The molecule has 7 heteroatoms. The number of hydrogen-bond donors (Lipinski definition) is 1. The summed E-state index contributed by atoms with van der Waals surface area (Å²) in [6, 6.07) is 23.8. The maximum Gasteiger partial charge on any atom is 0.419 e. The first kappa shape index (κ1) is 21.1.